The fraction of sp³-hybridized carbons (Fsp3) is 0.952. The normalized spacial score (nSPS) is 18.5. The van der Waals surface area contributed by atoms with Crippen LogP contribution >= 0.6 is 0 Å². The van der Waals surface area contributed by atoms with Crippen molar-refractivity contribution in [3.05, 3.63) is 0 Å². The first-order valence-corrected chi connectivity index (χ1v) is 10.6. The molecule has 1 rings (SSSR count). The summed E-state index contributed by atoms with van der Waals surface area (Å²) in [7, 11) is 0. The molecule has 0 heterocycles. The second-order valence-electron chi connectivity index (χ2n) is 8.83. The summed E-state index contributed by atoms with van der Waals surface area (Å²) < 4.78 is 0. The Labute approximate surface area is 155 Å². The summed E-state index contributed by atoms with van der Waals surface area (Å²) in [6.45, 7) is 9.76. The van der Waals surface area contributed by atoms with Gasteiger partial charge in [-0.3, -0.25) is 10.0 Å². The standard InChI is InChI=1S/C21H42N2O2/c1-16(2)9-8-14-22-19(15-18-10-6-5-7-11-18)12-13-20(17(3)4)21(24)23-25/h16-20,22,25H,5-15H2,1-4H3,(H,23,24). The molecule has 0 saturated heterocycles. The van der Waals surface area contributed by atoms with Crippen LogP contribution in [0.1, 0.15) is 91.9 Å². The Balaban J connectivity index is 2.50. The van der Waals surface area contributed by atoms with Crippen molar-refractivity contribution in [1.82, 2.24) is 10.8 Å². The predicted molar refractivity (Wildman–Crippen MR) is 105 cm³/mol. The Morgan fingerprint density at radius 3 is 2.28 bits per heavy atom. The van der Waals surface area contributed by atoms with Gasteiger partial charge in [0.2, 0.25) is 5.91 Å². The molecule has 1 saturated carbocycles. The third-order valence-corrected chi connectivity index (χ3v) is 5.81. The van der Waals surface area contributed by atoms with E-state index in [0.717, 1.165) is 31.2 Å². The topological polar surface area (TPSA) is 61.4 Å². The second kappa shape index (κ2) is 12.7. The summed E-state index contributed by atoms with van der Waals surface area (Å²) in [6, 6.07) is 0.503. The molecule has 0 radical (unpaired) electrons. The van der Waals surface area contributed by atoms with Crippen molar-refractivity contribution in [3.8, 4) is 0 Å². The Morgan fingerprint density at radius 2 is 1.72 bits per heavy atom. The van der Waals surface area contributed by atoms with E-state index in [4.69, 9.17) is 5.21 Å². The van der Waals surface area contributed by atoms with Crippen LogP contribution in [0.4, 0.5) is 0 Å². The number of hydrogen-bond acceptors (Lipinski definition) is 3. The van der Waals surface area contributed by atoms with Crippen molar-refractivity contribution < 1.29 is 10.0 Å². The van der Waals surface area contributed by atoms with Gasteiger partial charge in [0, 0.05) is 12.0 Å². The highest BCUT2D eigenvalue weighted by molar-refractivity contribution is 5.77. The van der Waals surface area contributed by atoms with E-state index >= 15 is 0 Å². The lowest BCUT2D eigenvalue weighted by Gasteiger charge is -2.29. The molecule has 3 N–H and O–H groups in total. The number of hydrogen-bond donors (Lipinski definition) is 3. The zero-order valence-corrected chi connectivity index (χ0v) is 17.0. The summed E-state index contributed by atoms with van der Waals surface area (Å²) in [4.78, 5) is 11.9. The van der Waals surface area contributed by atoms with Crippen LogP contribution in [0.15, 0.2) is 0 Å². The number of carbonyl (C=O) groups is 1. The molecule has 1 aliphatic rings. The smallest absolute Gasteiger partial charge is 0.246 e. The molecule has 0 aromatic heterocycles. The Morgan fingerprint density at radius 1 is 1.04 bits per heavy atom. The second-order valence-corrected chi connectivity index (χ2v) is 8.83. The van der Waals surface area contributed by atoms with E-state index in [1.165, 1.54) is 51.4 Å². The van der Waals surface area contributed by atoms with Gasteiger partial charge >= 0.3 is 0 Å². The third-order valence-electron chi connectivity index (χ3n) is 5.81. The maximum Gasteiger partial charge on any atom is 0.246 e. The molecule has 2 unspecified atom stereocenters. The molecule has 1 fully saturated rings. The molecule has 0 spiro atoms. The van der Waals surface area contributed by atoms with Crippen molar-refractivity contribution in [2.24, 2.45) is 23.7 Å². The molecule has 0 aromatic carbocycles. The van der Waals surface area contributed by atoms with Gasteiger partial charge in [-0.15, -0.1) is 0 Å². The summed E-state index contributed by atoms with van der Waals surface area (Å²) in [5.41, 5.74) is 1.86. The first-order chi connectivity index (χ1) is 11.9. The molecule has 2 atom stereocenters. The molecule has 1 amide bonds. The fourth-order valence-electron chi connectivity index (χ4n) is 4.18. The Kier molecular flexibility index (Phi) is 11.4. The molecular weight excluding hydrogens is 312 g/mol. The molecule has 0 aliphatic heterocycles. The van der Waals surface area contributed by atoms with Crippen LogP contribution in [0.2, 0.25) is 0 Å². The molecule has 0 bridgehead atoms. The highest BCUT2D eigenvalue weighted by Crippen LogP contribution is 2.29. The molecular formula is C21H42N2O2. The summed E-state index contributed by atoms with van der Waals surface area (Å²) in [6.07, 6.45) is 12.5. The van der Waals surface area contributed by atoms with E-state index in [1.54, 1.807) is 0 Å². The third kappa shape index (κ3) is 9.60. The SMILES string of the molecule is CC(C)CCCNC(CCC(C(=O)NO)C(C)C)CC1CCCCC1. The number of carbonyl (C=O) groups excluding carboxylic acids is 1. The van der Waals surface area contributed by atoms with Crippen LogP contribution in [0.3, 0.4) is 0 Å². The number of hydroxylamine groups is 1. The van der Waals surface area contributed by atoms with E-state index in [1.807, 2.05) is 5.48 Å². The first kappa shape index (κ1) is 22.4. The lowest BCUT2D eigenvalue weighted by molar-refractivity contribution is -0.135. The average molecular weight is 355 g/mol. The van der Waals surface area contributed by atoms with Crippen LogP contribution in [0.5, 0.6) is 0 Å². The maximum absolute atomic E-state index is 11.9. The van der Waals surface area contributed by atoms with Crippen molar-refractivity contribution in [2.45, 2.75) is 97.9 Å². The van der Waals surface area contributed by atoms with Crippen LogP contribution in [-0.2, 0) is 4.79 Å². The van der Waals surface area contributed by atoms with Crippen LogP contribution in [0.25, 0.3) is 0 Å². The van der Waals surface area contributed by atoms with E-state index in [0.29, 0.717) is 6.04 Å². The lowest BCUT2D eigenvalue weighted by atomic mass is 9.82. The maximum atomic E-state index is 11.9. The lowest BCUT2D eigenvalue weighted by Crippen LogP contribution is -2.36. The number of nitrogens with one attached hydrogen (secondary N) is 2. The van der Waals surface area contributed by atoms with Crippen molar-refractivity contribution in [2.75, 3.05) is 6.54 Å². The Hall–Kier alpha value is -0.610. The van der Waals surface area contributed by atoms with Gasteiger partial charge in [-0.2, -0.15) is 0 Å². The molecule has 4 nitrogen and oxygen atoms in total. The van der Waals surface area contributed by atoms with Gasteiger partial charge in [0.1, 0.15) is 0 Å². The van der Waals surface area contributed by atoms with Gasteiger partial charge in [-0.05, 0) is 56.4 Å². The Bertz CT molecular complexity index is 352. The first-order valence-electron chi connectivity index (χ1n) is 10.6. The number of rotatable bonds is 12. The summed E-state index contributed by atoms with van der Waals surface area (Å²) in [5, 5.41) is 12.8. The molecule has 1 aliphatic carbocycles. The molecule has 0 aromatic rings. The zero-order chi connectivity index (χ0) is 18.7. The van der Waals surface area contributed by atoms with Gasteiger partial charge in [0.15, 0.2) is 0 Å². The highest BCUT2D eigenvalue weighted by atomic mass is 16.5. The zero-order valence-electron chi connectivity index (χ0n) is 17.0. The minimum absolute atomic E-state index is 0.101. The van der Waals surface area contributed by atoms with E-state index < -0.39 is 0 Å². The van der Waals surface area contributed by atoms with Gasteiger partial charge < -0.3 is 5.32 Å². The molecule has 25 heavy (non-hydrogen) atoms. The van der Waals surface area contributed by atoms with Crippen molar-refractivity contribution >= 4 is 5.91 Å². The minimum atomic E-state index is -0.230. The molecule has 4 heteroatoms. The van der Waals surface area contributed by atoms with Gasteiger partial charge in [-0.1, -0.05) is 59.8 Å². The summed E-state index contributed by atoms with van der Waals surface area (Å²) in [5.74, 6) is 1.53. The van der Waals surface area contributed by atoms with Crippen molar-refractivity contribution in [3.63, 3.8) is 0 Å². The molecule has 148 valence electrons. The van der Waals surface area contributed by atoms with E-state index in [2.05, 4.69) is 33.0 Å². The van der Waals surface area contributed by atoms with Gasteiger partial charge in [-0.25, -0.2) is 5.48 Å². The largest absolute Gasteiger partial charge is 0.314 e. The predicted octanol–water partition coefficient (Wildman–Crippen LogP) is 4.91. The van der Waals surface area contributed by atoms with Crippen molar-refractivity contribution in [1.29, 1.82) is 0 Å². The van der Waals surface area contributed by atoms with Crippen LogP contribution in [0, 0.1) is 23.7 Å². The fourth-order valence-corrected chi connectivity index (χ4v) is 4.18. The highest BCUT2D eigenvalue weighted by Gasteiger charge is 2.25. The van der Waals surface area contributed by atoms with E-state index in [-0.39, 0.29) is 17.7 Å². The van der Waals surface area contributed by atoms with Crippen LogP contribution in [-0.4, -0.2) is 23.7 Å². The average Bonchev–Trinajstić information content (AvgIpc) is 2.58. The van der Waals surface area contributed by atoms with Gasteiger partial charge in [0.05, 0.1) is 0 Å². The van der Waals surface area contributed by atoms with Gasteiger partial charge in [0.25, 0.3) is 0 Å². The van der Waals surface area contributed by atoms with Crippen LogP contribution < -0.4 is 10.8 Å². The number of amides is 1. The minimum Gasteiger partial charge on any atom is -0.314 e. The summed E-state index contributed by atoms with van der Waals surface area (Å²) >= 11 is 0. The monoisotopic (exact) mass is 354 g/mol. The quantitative estimate of drug-likeness (QED) is 0.265. The van der Waals surface area contributed by atoms with E-state index in [9.17, 15) is 4.79 Å².